The van der Waals surface area contributed by atoms with Gasteiger partial charge in [0.15, 0.2) is 0 Å². The predicted octanol–water partition coefficient (Wildman–Crippen LogP) is 7.09. The lowest BCUT2D eigenvalue weighted by atomic mass is 9.66. The second-order valence-corrected chi connectivity index (χ2v) is 7.95. The summed E-state index contributed by atoms with van der Waals surface area (Å²) in [6.45, 7) is 2.26. The average molecular weight is 363 g/mol. The Kier molecular flexibility index (Phi) is 4.28. The van der Waals surface area contributed by atoms with Gasteiger partial charge in [-0.05, 0) is 58.2 Å². The summed E-state index contributed by atoms with van der Waals surface area (Å²) in [4.78, 5) is 0. The van der Waals surface area contributed by atoms with Crippen molar-refractivity contribution >= 4 is 5.57 Å². The fraction of sp³-hybridized carbons (Fsp3) is 0.214. The molecule has 2 aliphatic rings. The van der Waals surface area contributed by atoms with E-state index in [1.165, 1.54) is 45.4 Å². The quantitative estimate of drug-likeness (QED) is 0.465. The average Bonchev–Trinajstić information content (AvgIpc) is 3.06. The molecule has 0 unspecified atom stereocenters. The summed E-state index contributed by atoms with van der Waals surface area (Å²) in [5, 5.41) is 0. The summed E-state index contributed by atoms with van der Waals surface area (Å²) in [6.07, 6.45) is 9.33. The van der Waals surface area contributed by atoms with Gasteiger partial charge in [0, 0.05) is 0 Å². The van der Waals surface area contributed by atoms with Crippen molar-refractivity contribution in [2.75, 3.05) is 0 Å². The lowest BCUT2D eigenvalue weighted by Crippen LogP contribution is -2.29. The smallest absolute Gasteiger partial charge is 0.0710 e. The lowest BCUT2D eigenvalue weighted by Gasteiger charge is -2.35. The topological polar surface area (TPSA) is 0 Å². The Morgan fingerprint density at radius 3 is 2.14 bits per heavy atom. The second-order valence-electron chi connectivity index (χ2n) is 7.95. The Bertz CT molecular complexity index is 1010. The van der Waals surface area contributed by atoms with Crippen LogP contribution in [-0.2, 0) is 11.8 Å². The van der Waals surface area contributed by atoms with Gasteiger partial charge in [-0.15, -0.1) is 0 Å². The van der Waals surface area contributed by atoms with Crippen LogP contribution in [0.25, 0.3) is 5.57 Å². The van der Waals surface area contributed by atoms with Crippen LogP contribution in [-0.4, -0.2) is 0 Å². The Balaban J connectivity index is 1.89. The number of rotatable bonds is 4. The molecule has 0 bridgehead atoms. The third-order valence-electron chi connectivity index (χ3n) is 6.34. The van der Waals surface area contributed by atoms with Gasteiger partial charge in [-0.3, -0.25) is 0 Å². The van der Waals surface area contributed by atoms with Crippen molar-refractivity contribution in [3.05, 3.63) is 124 Å². The first kappa shape index (κ1) is 17.3. The van der Waals surface area contributed by atoms with E-state index in [2.05, 4.69) is 97.9 Å². The molecule has 0 fully saturated rings. The molecule has 0 heteroatoms. The number of hydrogen-bond acceptors (Lipinski definition) is 0. The summed E-state index contributed by atoms with van der Waals surface area (Å²) in [6, 6.07) is 29.4. The molecule has 0 aromatic heterocycles. The van der Waals surface area contributed by atoms with E-state index < -0.39 is 0 Å². The molecule has 0 saturated heterocycles. The Morgan fingerprint density at radius 1 is 0.821 bits per heavy atom. The Labute approximate surface area is 168 Å². The van der Waals surface area contributed by atoms with Crippen LogP contribution in [0, 0.1) is 0 Å². The number of aryl methyl sites for hydroxylation is 1. The van der Waals surface area contributed by atoms with Gasteiger partial charge in [-0.25, -0.2) is 0 Å². The first-order valence-electron chi connectivity index (χ1n) is 10.5. The molecule has 5 rings (SSSR count). The van der Waals surface area contributed by atoms with Crippen molar-refractivity contribution in [2.45, 2.75) is 38.0 Å². The second kappa shape index (κ2) is 6.95. The van der Waals surface area contributed by atoms with Crippen LogP contribution in [0.2, 0.25) is 0 Å². The molecule has 3 aromatic carbocycles. The van der Waals surface area contributed by atoms with Crippen LogP contribution >= 0.6 is 0 Å². The van der Waals surface area contributed by atoms with Gasteiger partial charge in [0.2, 0.25) is 0 Å². The number of fused-ring (bicyclic) bond motifs is 2. The van der Waals surface area contributed by atoms with Gasteiger partial charge in [0.05, 0.1) is 5.41 Å². The lowest BCUT2D eigenvalue weighted by molar-refractivity contribution is 0.753. The van der Waals surface area contributed by atoms with E-state index in [-0.39, 0.29) is 5.41 Å². The van der Waals surface area contributed by atoms with Gasteiger partial charge in [-0.1, -0.05) is 104 Å². The highest BCUT2D eigenvalue weighted by molar-refractivity contribution is 5.88. The van der Waals surface area contributed by atoms with Gasteiger partial charge in [-0.2, -0.15) is 0 Å². The zero-order chi connectivity index (χ0) is 19.0. The van der Waals surface area contributed by atoms with Gasteiger partial charge >= 0.3 is 0 Å². The highest BCUT2D eigenvalue weighted by Gasteiger charge is 2.47. The van der Waals surface area contributed by atoms with E-state index in [0.717, 1.165) is 19.3 Å². The third kappa shape index (κ3) is 2.44. The maximum atomic E-state index is 2.49. The van der Waals surface area contributed by atoms with Crippen molar-refractivity contribution in [1.29, 1.82) is 0 Å². The molecule has 0 spiro atoms. The number of benzene rings is 3. The SMILES string of the molecule is CCCc1ccc2c(c1)C(c1ccccc1)(c1ccccc1)C1=C2CCC=C1. The number of allylic oxidation sites excluding steroid dienone is 4. The molecular formula is C28H26. The molecule has 0 saturated carbocycles. The zero-order valence-corrected chi connectivity index (χ0v) is 16.5. The highest BCUT2D eigenvalue weighted by atomic mass is 14.5. The summed E-state index contributed by atoms with van der Waals surface area (Å²) < 4.78 is 0. The minimum Gasteiger partial charge on any atom is -0.0839 e. The van der Waals surface area contributed by atoms with Crippen molar-refractivity contribution < 1.29 is 0 Å². The van der Waals surface area contributed by atoms with E-state index in [9.17, 15) is 0 Å². The molecule has 0 amide bonds. The Morgan fingerprint density at radius 2 is 1.50 bits per heavy atom. The minimum absolute atomic E-state index is 0.214. The maximum absolute atomic E-state index is 2.49. The summed E-state index contributed by atoms with van der Waals surface area (Å²) in [5.41, 5.74) is 9.89. The van der Waals surface area contributed by atoms with E-state index in [1.807, 2.05) is 0 Å². The first-order chi connectivity index (χ1) is 13.9. The minimum atomic E-state index is -0.214. The molecule has 28 heavy (non-hydrogen) atoms. The zero-order valence-electron chi connectivity index (χ0n) is 16.5. The monoisotopic (exact) mass is 362 g/mol. The molecule has 0 N–H and O–H groups in total. The molecule has 0 heterocycles. The van der Waals surface area contributed by atoms with E-state index in [4.69, 9.17) is 0 Å². The van der Waals surface area contributed by atoms with Crippen LogP contribution in [0.4, 0.5) is 0 Å². The number of hydrogen-bond donors (Lipinski definition) is 0. The predicted molar refractivity (Wildman–Crippen MR) is 118 cm³/mol. The van der Waals surface area contributed by atoms with Crippen LogP contribution in [0.15, 0.2) is 96.6 Å². The van der Waals surface area contributed by atoms with Crippen molar-refractivity contribution in [3.63, 3.8) is 0 Å². The highest BCUT2D eigenvalue weighted by Crippen LogP contribution is 2.57. The van der Waals surface area contributed by atoms with E-state index >= 15 is 0 Å². The maximum Gasteiger partial charge on any atom is 0.0710 e. The largest absolute Gasteiger partial charge is 0.0839 e. The molecule has 0 nitrogen and oxygen atoms in total. The first-order valence-corrected chi connectivity index (χ1v) is 10.5. The summed E-state index contributed by atoms with van der Waals surface area (Å²) in [5.74, 6) is 0. The molecule has 0 atom stereocenters. The fourth-order valence-corrected chi connectivity index (χ4v) is 5.21. The van der Waals surface area contributed by atoms with Gasteiger partial charge in [0.25, 0.3) is 0 Å². The Hall–Kier alpha value is -2.86. The van der Waals surface area contributed by atoms with Crippen LogP contribution in [0.1, 0.15) is 54.0 Å². The fourth-order valence-electron chi connectivity index (χ4n) is 5.21. The molecule has 138 valence electrons. The molecular weight excluding hydrogens is 336 g/mol. The summed E-state index contributed by atoms with van der Waals surface area (Å²) in [7, 11) is 0. The van der Waals surface area contributed by atoms with E-state index in [0.29, 0.717) is 0 Å². The van der Waals surface area contributed by atoms with E-state index in [1.54, 1.807) is 0 Å². The molecule has 0 aliphatic heterocycles. The third-order valence-corrected chi connectivity index (χ3v) is 6.34. The van der Waals surface area contributed by atoms with Gasteiger partial charge in [0.1, 0.15) is 0 Å². The summed E-state index contributed by atoms with van der Waals surface area (Å²) >= 11 is 0. The standard InChI is InChI=1S/C28H26/c1-2-11-21-18-19-25-24-16-9-10-17-26(24)28(27(25)20-21,22-12-5-3-6-13-22)23-14-7-4-8-15-23/h3-8,10,12-15,17-20H,2,9,11,16H2,1H3. The van der Waals surface area contributed by atoms with Crippen molar-refractivity contribution in [3.8, 4) is 0 Å². The molecule has 2 aliphatic carbocycles. The molecule has 3 aromatic rings. The van der Waals surface area contributed by atoms with Crippen molar-refractivity contribution in [2.24, 2.45) is 0 Å². The van der Waals surface area contributed by atoms with Crippen molar-refractivity contribution in [1.82, 2.24) is 0 Å². The van der Waals surface area contributed by atoms with Crippen LogP contribution < -0.4 is 0 Å². The normalized spacial score (nSPS) is 16.8. The van der Waals surface area contributed by atoms with Gasteiger partial charge < -0.3 is 0 Å². The van der Waals surface area contributed by atoms with Crippen LogP contribution in [0.5, 0.6) is 0 Å². The van der Waals surface area contributed by atoms with Crippen LogP contribution in [0.3, 0.4) is 0 Å². The molecule has 0 radical (unpaired) electrons.